The number of nitrogens with one attached hydrogen (secondary N) is 1. The third-order valence-electron chi connectivity index (χ3n) is 2.90. The smallest absolute Gasteiger partial charge is 0.240 e. The van der Waals surface area contributed by atoms with E-state index in [1.54, 1.807) is 16.7 Å². The summed E-state index contributed by atoms with van der Waals surface area (Å²) >= 11 is 1.67. The zero-order valence-corrected chi connectivity index (χ0v) is 11.8. The van der Waals surface area contributed by atoms with Crippen molar-refractivity contribution in [3.63, 3.8) is 0 Å². The number of fused-ring (bicyclic) bond motifs is 1. The highest BCUT2D eigenvalue weighted by molar-refractivity contribution is 7.99. The van der Waals surface area contributed by atoms with Crippen LogP contribution in [0, 0.1) is 0 Å². The number of carbonyl (C=O) groups is 2. The quantitative estimate of drug-likeness (QED) is 0.917. The summed E-state index contributed by atoms with van der Waals surface area (Å²) < 4.78 is 0. The molecule has 2 amide bonds. The van der Waals surface area contributed by atoms with Crippen molar-refractivity contribution >= 4 is 29.3 Å². The van der Waals surface area contributed by atoms with E-state index in [4.69, 9.17) is 0 Å². The molecule has 5 heteroatoms. The zero-order valence-electron chi connectivity index (χ0n) is 11.0. The topological polar surface area (TPSA) is 49.4 Å². The fourth-order valence-corrected chi connectivity index (χ4v) is 2.95. The van der Waals surface area contributed by atoms with E-state index < -0.39 is 0 Å². The first kappa shape index (κ1) is 13.9. The Morgan fingerprint density at radius 2 is 2.21 bits per heavy atom. The normalized spacial score (nSPS) is 14.8. The van der Waals surface area contributed by atoms with E-state index in [-0.39, 0.29) is 18.4 Å². The number of amides is 2. The molecule has 2 rings (SSSR count). The second kappa shape index (κ2) is 6.61. The van der Waals surface area contributed by atoms with E-state index in [1.165, 1.54) is 0 Å². The molecule has 0 saturated carbocycles. The standard InChI is InChI=1S/C14H18N2O2S/c1-2-8-15-13(17)10-16-11-5-3-4-6-12(11)19-9-7-14(16)18/h3-6H,2,7-10H2,1H3,(H,15,17). The number of hydrogen-bond donors (Lipinski definition) is 1. The van der Waals surface area contributed by atoms with E-state index in [0.29, 0.717) is 13.0 Å². The van der Waals surface area contributed by atoms with Gasteiger partial charge in [-0.15, -0.1) is 11.8 Å². The van der Waals surface area contributed by atoms with Crippen LogP contribution in [0.15, 0.2) is 29.2 Å². The monoisotopic (exact) mass is 278 g/mol. The van der Waals surface area contributed by atoms with Crippen LogP contribution in [-0.2, 0) is 9.59 Å². The second-order valence-electron chi connectivity index (χ2n) is 4.40. The molecule has 4 nitrogen and oxygen atoms in total. The molecule has 1 aromatic carbocycles. The largest absolute Gasteiger partial charge is 0.355 e. The van der Waals surface area contributed by atoms with Gasteiger partial charge in [0, 0.05) is 23.6 Å². The van der Waals surface area contributed by atoms with Crippen molar-refractivity contribution < 1.29 is 9.59 Å². The van der Waals surface area contributed by atoms with Crippen molar-refractivity contribution in [2.45, 2.75) is 24.7 Å². The summed E-state index contributed by atoms with van der Waals surface area (Å²) in [5, 5.41) is 2.81. The van der Waals surface area contributed by atoms with Crippen molar-refractivity contribution in [1.29, 1.82) is 0 Å². The Morgan fingerprint density at radius 3 is 3.00 bits per heavy atom. The number of anilines is 1. The first-order valence-electron chi connectivity index (χ1n) is 6.51. The highest BCUT2D eigenvalue weighted by atomic mass is 32.2. The van der Waals surface area contributed by atoms with Gasteiger partial charge in [-0.2, -0.15) is 0 Å². The lowest BCUT2D eigenvalue weighted by molar-refractivity contribution is -0.123. The molecule has 0 aromatic heterocycles. The molecule has 102 valence electrons. The predicted molar refractivity (Wildman–Crippen MR) is 77.4 cm³/mol. The van der Waals surface area contributed by atoms with Crippen LogP contribution in [0.3, 0.4) is 0 Å². The number of carbonyl (C=O) groups excluding carboxylic acids is 2. The van der Waals surface area contributed by atoms with Crippen LogP contribution in [0.2, 0.25) is 0 Å². The first-order valence-corrected chi connectivity index (χ1v) is 7.50. The summed E-state index contributed by atoms with van der Waals surface area (Å²) in [7, 11) is 0. The number of rotatable bonds is 4. The second-order valence-corrected chi connectivity index (χ2v) is 5.53. The maximum atomic E-state index is 12.1. The van der Waals surface area contributed by atoms with Crippen LogP contribution in [0.4, 0.5) is 5.69 Å². The summed E-state index contributed by atoms with van der Waals surface area (Å²) in [6, 6.07) is 7.75. The minimum Gasteiger partial charge on any atom is -0.355 e. The van der Waals surface area contributed by atoms with E-state index in [2.05, 4.69) is 5.32 Å². The van der Waals surface area contributed by atoms with Gasteiger partial charge in [0.15, 0.2) is 0 Å². The Labute approximate surface area is 117 Å². The van der Waals surface area contributed by atoms with Crippen molar-refractivity contribution in [1.82, 2.24) is 5.32 Å². The van der Waals surface area contributed by atoms with Gasteiger partial charge in [-0.1, -0.05) is 19.1 Å². The van der Waals surface area contributed by atoms with Gasteiger partial charge in [0.25, 0.3) is 0 Å². The van der Waals surface area contributed by atoms with Gasteiger partial charge >= 0.3 is 0 Å². The Kier molecular flexibility index (Phi) is 4.85. The van der Waals surface area contributed by atoms with E-state index in [0.717, 1.165) is 22.8 Å². The average Bonchev–Trinajstić information content (AvgIpc) is 2.57. The van der Waals surface area contributed by atoms with Gasteiger partial charge in [-0.05, 0) is 18.6 Å². The van der Waals surface area contributed by atoms with Gasteiger partial charge in [-0.25, -0.2) is 0 Å². The summed E-state index contributed by atoms with van der Waals surface area (Å²) in [5.41, 5.74) is 0.849. The van der Waals surface area contributed by atoms with Crippen LogP contribution < -0.4 is 10.2 Å². The fraction of sp³-hybridized carbons (Fsp3) is 0.429. The Hall–Kier alpha value is -1.49. The lowest BCUT2D eigenvalue weighted by Crippen LogP contribution is -2.41. The van der Waals surface area contributed by atoms with Gasteiger partial charge in [-0.3, -0.25) is 9.59 Å². The fourth-order valence-electron chi connectivity index (χ4n) is 1.96. The SMILES string of the molecule is CCCNC(=O)CN1C(=O)CCSc2ccccc21. The predicted octanol–water partition coefficient (Wildman–Crippen LogP) is 2.04. The van der Waals surface area contributed by atoms with E-state index >= 15 is 0 Å². The molecule has 1 aliphatic heterocycles. The molecular formula is C14H18N2O2S. The Balaban J connectivity index is 2.17. The molecule has 0 spiro atoms. The van der Waals surface area contributed by atoms with Crippen LogP contribution in [0.1, 0.15) is 19.8 Å². The zero-order chi connectivity index (χ0) is 13.7. The number of benzene rings is 1. The summed E-state index contributed by atoms with van der Waals surface area (Å²) in [5.74, 6) is 0.684. The van der Waals surface area contributed by atoms with Gasteiger partial charge in [0.2, 0.25) is 11.8 Å². The number of thioether (sulfide) groups is 1. The Morgan fingerprint density at radius 1 is 1.42 bits per heavy atom. The molecule has 0 atom stereocenters. The molecule has 0 saturated heterocycles. The number of para-hydroxylation sites is 1. The van der Waals surface area contributed by atoms with Crippen molar-refractivity contribution in [2.75, 3.05) is 23.7 Å². The van der Waals surface area contributed by atoms with Gasteiger partial charge in [0.1, 0.15) is 6.54 Å². The molecule has 1 aliphatic rings. The summed E-state index contributed by atoms with van der Waals surface area (Å²) in [6.45, 7) is 2.76. The van der Waals surface area contributed by atoms with Crippen molar-refractivity contribution in [3.8, 4) is 0 Å². The maximum Gasteiger partial charge on any atom is 0.240 e. The molecular weight excluding hydrogens is 260 g/mol. The maximum absolute atomic E-state index is 12.1. The van der Waals surface area contributed by atoms with E-state index in [1.807, 2.05) is 31.2 Å². The minimum atomic E-state index is -0.100. The molecule has 1 heterocycles. The Bertz CT molecular complexity index is 476. The molecule has 1 N–H and O–H groups in total. The van der Waals surface area contributed by atoms with Crippen LogP contribution in [0.5, 0.6) is 0 Å². The lowest BCUT2D eigenvalue weighted by atomic mass is 10.2. The molecule has 19 heavy (non-hydrogen) atoms. The summed E-state index contributed by atoms with van der Waals surface area (Å²) in [6.07, 6.45) is 1.37. The number of nitrogens with zero attached hydrogens (tertiary/aromatic N) is 1. The average molecular weight is 278 g/mol. The lowest BCUT2D eigenvalue weighted by Gasteiger charge is -2.22. The first-order chi connectivity index (χ1) is 9.22. The van der Waals surface area contributed by atoms with Crippen molar-refractivity contribution in [3.05, 3.63) is 24.3 Å². The number of hydrogen-bond acceptors (Lipinski definition) is 3. The molecule has 0 bridgehead atoms. The van der Waals surface area contributed by atoms with Gasteiger partial charge in [0.05, 0.1) is 5.69 Å². The van der Waals surface area contributed by atoms with Crippen LogP contribution in [0.25, 0.3) is 0 Å². The summed E-state index contributed by atoms with van der Waals surface area (Å²) in [4.78, 5) is 26.6. The van der Waals surface area contributed by atoms with Gasteiger partial charge < -0.3 is 10.2 Å². The molecule has 0 fully saturated rings. The molecule has 1 aromatic rings. The minimum absolute atomic E-state index is 0.0177. The van der Waals surface area contributed by atoms with Crippen molar-refractivity contribution in [2.24, 2.45) is 0 Å². The third kappa shape index (κ3) is 3.50. The molecule has 0 radical (unpaired) electrons. The molecule has 0 unspecified atom stereocenters. The van der Waals surface area contributed by atoms with Crippen LogP contribution >= 0.6 is 11.8 Å². The molecule has 0 aliphatic carbocycles. The van der Waals surface area contributed by atoms with E-state index in [9.17, 15) is 9.59 Å². The van der Waals surface area contributed by atoms with Crippen LogP contribution in [-0.4, -0.2) is 30.7 Å². The third-order valence-corrected chi connectivity index (χ3v) is 3.97. The highest BCUT2D eigenvalue weighted by Gasteiger charge is 2.24. The highest BCUT2D eigenvalue weighted by Crippen LogP contribution is 2.33.